The molecule has 2 rings (SSSR count). The molecule has 1 aliphatic rings. The Labute approximate surface area is 145 Å². The van der Waals surface area contributed by atoms with Crippen LogP contribution in [-0.4, -0.2) is 42.4 Å². The van der Waals surface area contributed by atoms with Crippen molar-refractivity contribution in [3.05, 3.63) is 20.8 Å². The van der Waals surface area contributed by atoms with Crippen LogP contribution in [-0.2, 0) is 21.2 Å². The minimum Gasteiger partial charge on any atom is -0.383 e. The molecule has 1 aromatic rings. The number of sulfone groups is 1. The molecule has 0 aliphatic carbocycles. The van der Waals surface area contributed by atoms with Gasteiger partial charge in [-0.25, -0.2) is 13.2 Å². The fourth-order valence-electron chi connectivity index (χ4n) is 2.98. The van der Waals surface area contributed by atoms with Gasteiger partial charge in [0.25, 0.3) is 5.56 Å². The molecule has 0 radical (unpaired) electrons. The molecule has 1 aromatic heterocycles. The number of amides is 1. The number of nitrogens with zero attached hydrogens (tertiary/aromatic N) is 2. The van der Waals surface area contributed by atoms with E-state index < -0.39 is 27.0 Å². The Kier molecular flexibility index (Phi) is 5.71. The van der Waals surface area contributed by atoms with Crippen molar-refractivity contribution in [2.75, 3.05) is 29.2 Å². The van der Waals surface area contributed by atoms with E-state index in [0.717, 1.165) is 11.3 Å². The van der Waals surface area contributed by atoms with Crippen molar-refractivity contribution >= 4 is 27.2 Å². The Morgan fingerprint density at radius 2 is 2.08 bits per heavy atom. The quantitative estimate of drug-likeness (QED) is 0.704. The SMILES string of the molecule is CCCCn1c(N)c(N(C)C(=O)CC2CCS(=O)(=O)C2)c(=O)[nH]c1=O. The smallest absolute Gasteiger partial charge is 0.330 e. The Balaban J connectivity index is 2.26. The van der Waals surface area contributed by atoms with E-state index in [2.05, 4.69) is 4.98 Å². The first-order valence-corrected chi connectivity index (χ1v) is 10.1. The Morgan fingerprint density at radius 1 is 1.40 bits per heavy atom. The highest BCUT2D eigenvalue weighted by molar-refractivity contribution is 7.91. The van der Waals surface area contributed by atoms with Crippen LogP contribution < -0.4 is 21.9 Å². The first-order chi connectivity index (χ1) is 11.7. The van der Waals surface area contributed by atoms with Crippen molar-refractivity contribution in [1.29, 1.82) is 0 Å². The number of carbonyl (C=O) groups is 1. The highest BCUT2D eigenvalue weighted by Crippen LogP contribution is 2.24. The zero-order valence-electron chi connectivity index (χ0n) is 14.4. The van der Waals surface area contributed by atoms with Gasteiger partial charge in [-0.15, -0.1) is 0 Å². The average Bonchev–Trinajstić information content (AvgIpc) is 2.85. The van der Waals surface area contributed by atoms with Crippen LogP contribution in [0.25, 0.3) is 0 Å². The second-order valence-electron chi connectivity index (χ2n) is 6.42. The Morgan fingerprint density at radius 3 is 2.64 bits per heavy atom. The molecular formula is C15H24N4O5S. The molecule has 1 fully saturated rings. The van der Waals surface area contributed by atoms with Crippen molar-refractivity contribution < 1.29 is 13.2 Å². The number of hydrogen-bond acceptors (Lipinski definition) is 6. The molecule has 2 heterocycles. The van der Waals surface area contributed by atoms with E-state index in [4.69, 9.17) is 5.73 Å². The summed E-state index contributed by atoms with van der Waals surface area (Å²) in [6, 6.07) is 0. The highest BCUT2D eigenvalue weighted by Gasteiger charge is 2.31. The molecule has 25 heavy (non-hydrogen) atoms. The summed E-state index contributed by atoms with van der Waals surface area (Å²) in [4.78, 5) is 39.8. The van der Waals surface area contributed by atoms with E-state index in [1.165, 1.54) is 11.6 Å². The number of nitrogen functional groups attached to an aromatic ring is 1. The largest absolute Gasteiger partial charge is 0.383 e. The van der Waals surface area contributed by atoms with Gasteiger partial charge in [0, 0.05) is 20.0 Å². The summed E-state index contributed by atoms with van der Waals surface area (Å²) < 4.78 is 24.3. The lowest BCUT2D eigenvalue weighted by molar-refractivity contribution is -0.119. The van der Waals surface area contributed by atoms with Crippen LogP contribution in [0.3, 0.4) is 0 Å². The first kappa shape index (κ1) is 19.2. The van der Waals surface area contributed by atoms with E-state index in [9.17, 15) is 22.8 Å². The van der Waals surface area contributed by atoms with Gasteiger partial charge in [0.05, 0.1) is 11.5 Å². The van der Waals surface area contributed by atoms with Gasteiger partial charge in [0.15, 0.2) is 15.5 Å². The predicted octanol–water partition coefficient (Wildman–Crippen LogP) is -0.293. The third kappa shape index (κ3) is 4.30. The molecule has 1 aliphatic heterocycles. The molecule has 3 N–H and O–H groups in total. The maximum absolute atomic E-state index is 12.5. The summed E-state index contributed by atoms with van der Waals surface area (Å²) in [6.07, 6.45) is 1.99. The molecule has 9 nitrogen and oxygen atoms in total. The Bertz CT molecular complexity index is 871. The Hall–Kier alpha value is -2.10. The van der Waals surface area contributed by atoms with Gasteiger partial charge >= 0.3 is 5.69 Å². The van der Waals surface area contributed by atoms with Gasteiger partial charge in [0.2, 0.25) is 5.91 Å². The number of aromatic nitrogens is 2. The standard InChI is InChI=1S/C15H24N4O5S/c1-3-4-6-19-13(16)12(14(21)17-15(19)22)18(2)11(20)8-10-5-7-25(23,24)9-10/h10H,3-9,16H2,1-2H3,(H,17,21,22). The third-order valence-electron chi connectivity index (χ3n) is 4.45. The summed E-state index contributed by atoms with van der Waals surface area (Å²) in [6.45, 7) is 2.30. The summed E-state index contributed by atoms with van der Waals surface area (Å²) in [7, 11) is -1.68. The molecule has 140 valence electrons. The van der Waals surface area contributed by atoms with Crippen molar-refractivity contribution in [2.24, 2.45) is 5.92 Å². The molecule has 0 aromatic carbocycles. The van der Waals surface area contributed by atoms with Crippen molar-refractivity contribution in [3.63, 3.8) is 0 Å². The van der Waals surface area contributed by atoms with Gasteiger partial charge in [-0.05, 0) is 18.8 Å². The molecule has 0 bridgehead atoms. The summed E-state index contributed by atoms with van der Waals surface area (Å²) in [5, 5.41) is 0. The molecule has 0 saturated carbocycles. The zero-order chi connectivity index (χ0) is 18.8. The van der Waals surface area contributed by atoms with Gasteiger partial charge in [-0.2, -0.15) is 0 Å². The van der Waals surface area contributed by atoms with Gasteiger partial charge in [-0.1, -0.05) is 13.3 Å². The number of nitrogens with one attached hydrogen (secondary N) is 1. The average molecular weight is 372 g/mol. The summed E-state index contributed by atoms with van der Waals surface area (Å²) in [5.74, 6) is -0.656. The predicted molar refractivity (Wildman–Crippen MR) is 95.4 cm³/mol. The molecule has 10 heteroatoms. The van der Waals surface area contributed by atoms with E-state index in [1.807, 2.05) is 6.92 Å². The summed E-state index contributed by atoms with van der Waals surface area (Å²) >= 11 is 0. The van der Waals surface area contributed by atoms with Crippen molar-refractivity contribution in [2.45, 2.75) is 39.2 Å². The molecule has 0 spiro atoms. The second-order valence-corrected chi connectivity index (χ2v) is 8.65. The van der Waals surface area contributed by atoms with Gasteiger partial charge in [0.1, 0.15) is 5.82 Å². The minimum absolute atomic E-state index is 0.0166. The van der Waals surface area contributed by atoms with Crippen LogP contribution in [0.2, 0.25) is 0 Å². The van der Waals surface area contributed by atoms with E-state index in [1.54, 1.807) is 0 Å². The number of carbonyl (C=O) groups excluding carboxylic acids is 1. The zero-order valence-corrected chi connectivity index (χ0v) is 15.3. The van der Waals surface area contributed by atoms with E-state index in [0.29, 0.717) is 19.4 Å². The molecule has 1 amide bonds. The number of rotatable bonds is 6. The normalized spacial score (nSPS) is 19.0. The lowest BCUT2D eigenvalue weighted by Gasteiger charge is -2.21. The van der Waals surface area contributed by atoms with E-state index >= 15 is 0 Å². The first-order valence-electron chi connectivity index (χ1n) is 8.26. The fourth-order valence-corrected chi connectivity index (χ4v) is 4.84. The number of hydrogen-bond donors (Lipinski definition) is 2. The second kappa shape index (κ2) is 7.42. The van der Waals surface area contributed by atoms with Crippen molar-refractivity contribution in [3.8, 4) is 0 Å². The fraction of sp³-hybridized carbons (Fsp3) is 0.667. The molecule has 1 saturated heterocycles. The lowest BCUT2D eigenvalue weighted by atomic mass is 10.0. The van der Waals surface area contributed by atoms with Crippen LogP contribution in [0.4, 0.5) is 11.5 Å². The van der Waals surface area contributed by atoms with Gasteiger partial charge in [-0.3, -0.25) is 19.1 Å². The molecule has 1 atom stereocenters. The van der Waals surface area contributed by atoms with Crippen LogP contribution >= 0.6 is 0 Å². The topological polar surface area (TPSA) is 135 Å². The van der Waals surface area contributed by atoms with Crippen molar-refractivity contribution in [1.82, 2.24) is 9.55 Å². The molecule has 1 unspecified atom stereocenters. The number of aromatic amines is 1. The highest BCUT2D eigenvalue weighted by atomic mass is 32.2. The molecular weight excluding hydrogens is 348 g/mol. The number of nitrogens with two attached hydrogens (primary N) is 1. The monoisotopic (exact) mass is 372 g/mol. The van der Waals surface area contributed by atoms with Crippen LogP contribution in [0.15, 0.2) is 9.59 Å². The number of anilines is 2. The summed E-state index contributed by atoms with van der Waals surface area (Å²) in [5.41, 5.74) is 4.55. The van der Waals surface area contributed by atoms with E-state index in [-0.39, 0.29) is 35.3 Å². The third-order valence-corrected chi connectivity index (χ3v) is 6.29. The van der Waals surface area contributed by atoms with Crippen LogP contribution in [0.5, 0.6) is 0 Å². The maximum atomic E-state index is 12.5. The number of H-pyrrole nitrogens is 1. The van der Waals surface area contributed by atoms with Gasteiger partial charge < -0.3 is 10.6 Å². The maximum Gasteiger partial charge on any atom is 0.330 e. The lowest BCUT2D eigenvalue weighted by Crippen LogP contribution is -2.39. The van der Waals surface area contributed by atoms with Crippen LogP contribution in [0.1, 0.15) is 32.6 Å². The number of unbranched alkanes of at least 4 members (excludes halogenated alkanes) is 1. The minimum atomic E-state index is -3.08. The van der Waals surface area contributed by atoms with Crippen LogP contribution in [0, 0.1) is 5.92 Å².